The molecule has 8 nitrogen and oxygen atoms in total. The Morgan fingerprint density at radius 3 is 2.19 bits per heavy atom. The quantitative estimate of drug-likeness (QED) is 0.460. The average molecular weight is 454 g/mol. The summed E-state index contributed by atoms with van der Waals surface area (Å²) in [6.45, 7) is -0.956. The van der Waals surface area contributed by atoms with Crippen molar-refractivity contribution in [2.24, 2.45) is 0 Å². The number of carbonyl (C=O) groups excluding carboxylic acids is 2. The van der Waals surface area contributed by atoms with E-state index in [1.165, 1.54) is 6.07 Å². The minimum absolute atomic E-state index is 0.0308. The number of rotatable bonds is 9. The van der Waals surface area contributed by atoms with Gasteiger partial charge in [-0.25, -0.2) is 9.59 Å². The minimum Gasteiger partial charge on any atom is -0.480 e. The lowest BCUT2D eigenvalue weighted by molar-refractivity contribution is -0.142. The first kappa shape index (κ1) is 24.7. The fourth-order valence-corrected chi connectivity index (χ4v) is 2.68. The standard InChI is InChI=1S/C21H21F3N2O6/c22-21(23,24)15-8-4-7-14(9-15)10-16(19(29)30)25-18(28)17(11-27)26-20(31)32-12-13-5-2-1-3-6-13/h1-9,16-17,27H,10-12H2,(H,25,28)(H,26,31)(H,29,30)/t16-,17+/m1/s1. The molecule has 11 heteroatoms. The SMILES string of the molecule is O=C(N[C@@H](CO)C(=O)N[C@H](Cc1cccc(C(F)(F)F)c1)C(=O)O)OCc1ccccc1. The van der Waals surface area contributed by atoms with Gasteiger partial charge in [0.25, 0.3) is 0 Å². The van der Waals surface area contributed by atoms with E-state index in [4.69, 9.17) is 4.74 Å². The number of aliphatic hydroxyl groups excluding tert-OH is 1. The molecule has 0 unspecified atom stereocenters. The number of alkyl carbamates (subject to hydrolysis) is 1. The van der Waals surface area contributed by atoms with Gasteiger partial charge in [-0.1, -0.05) is 48.5 Å². The molecular formula is C21H21F3N2O6. The summed E-state index contributed by atoms with van der Waals surface area (Å²) in [5, 5.41) is 23.0. The van der Waals surface area contributed by atoms with Gasteiger partial charge >= 0.3 is 18.2 Å². The monoisotopic (exact) mass is 454 g/mol. The highest BCUT2D eigenvalue weighted by atomic mass is 19.4. The largest absolute Gasteiger partial charge is 0.480 e. The molecule has 2 amide bonds. The normalized spacial score (nSPS) is 13.0. The van der Waals surface area contributed by atoms with Crippen LogP contribution in [0.3, 0.4) is 0 Å². The highest BCUT2D eigenvalue weighted by molar-refractivity contribution is 5.89. The smallest absolute Gasteiger partial charge is 0.416 e. The van der Waals surface area contributed by atoms with E-state index in [0.717, 1.165) is 18.2 Å². The van der Waals surface area contributed by atoms with Crippen molar-refractivity contribution in [3.63, 3.8) is 0 Å². The number of hydrogen-bond donors (Lipinski definition) is 4. The molecule has 172 valence electrons. The molecule has 0 fully saturated rings. The second-order valence-electron chi connectivity index (χ2n) is 6.74. The summed E-state index contributed by atoms with van der Waals surface area (Å²) >= 11 is 0. The van der Waals surface area contributed by atoms with Gasteiger partial charge in [-0.05, 0) is 17.2 Å². The van der Waals surface area contributed by atoms with Crippen molar-refractivity contribution in [3.8, 4) is 0 Å². The first-order valence-electron chi connectivity index (χ1n) is 9.37. The second-order valence-corrected chi connectivity index (χ2v) is 6.74. The molecule has 0 bridgehead atoms. The average Bonchev–Trinajstić information content (AvgIpc) is 2.75. The van der Waals surface area contributed by atoms with Crippen LogP contribution in [0.1, 0.15) is 16.7 Å². The number of aliphatic carboxylic acids is 1. The highest BCUT2D eigenvalue weighted by Crippen LogP contribution is 2.29. The fraction of sp³-hybridized carbons (Fsp3) is 0.286. The van der Waals surface area contributed by atoms with E-state index < -0.39 is 54.8 Å². The maximum absolute atomic E-state index is 12.9. The molecular weight excluding hydrogens is 433 g/mol. The number of carboxylic acid groups (broad SMARTS) is 1. The number of amides is 2. The van der Waals surface area contributed by atoms with Crippen LogP contribution < -0.4 is 10.6 Å². The Labute approximate surface area is 181 Å². The third kappa shape index (κ3) is 7.58. The van der Waals surface area contributed by atoms with E-state index in [9.17, 15) is 37.8 Å². The van der Waals surface area contributed by atoms with Gasteiger partial charge in [-0.3, -0.25) is 4.79 Å². The van der Waals surface area contributed by atoms with E-state index in [-0.39, 0.29) is 12.2 Å². The summed E-state index contributed by atoms with van der Waals surface area (Å²) < 4.78 is 43.5. The Hall–Kier alpha value is -3.60. The molecule has 2 rings (SSSR count). The number of alkyl halides is 3. The predicted molar refractivity (Wildman–Crippen MR) is 105 cm³/mol. The highest BCUT2D eigenvalue weighted by Gasteiger charge is 2.31. The van der Waals surface area contributed by atoms with E-state index in [0.29, 0.717) is 5.56 Å². The molecule has 2 atom stereocenters. The molecule has 0 spiro atoms. The van der Waals surface area contributed by atoms with Gasteiger partial charge in [0, 0.05) is 6.42 Å². The van der Waals surface area contributed by atoms with Crippen molar-refractivity contribution in [2.75, 3.05) is 6.61 Å². The molecule has 2 aromatic rings. The topological polar surface area (TPSA) is 125 Å². The van der Waals surface area contributed by atoms with Gasteiger partial charge in [0.05, 0.1) is 12.2 Å². The molecule has 0 aromatic heterocycles. The Balaban J connectivity index is 1.98. The Kier molecular flexibility index (Phi) is 8.59. The molecule has 0 aliphatic heterocycles. The molecule has 0 saturated heterocycles. The molecule has 0 aliphatic carbocycles. The number of carbonyl (C=O) groups is 3. The van der Waals surface area contributed by atoms with Gasteiger partial charge in [-0.15, -0.1) is 0 Å². The van der Waals surface area contributed by atoms with E-state index in [2.05, 4.69) is 10.6 Å². The van der Waals surface area contributed by atoms with Crippen LogP contribution in [0, 0.1) is 0 Å². The molecule has 4 N–H and O–H groups in total. The van der Waals surface area contributed by atoms with Crippen LogP contribution in [0.2, 0.25) is 0 Å². The first-order valence-corrected chi connectivity index (χ1v) is 9.37. The van der Waals surface area contributed by atoms with Gasteiger partial charge in [0.15, 0.2) is 0 Å². The van der Waals surface area contributed by atoms with Gasteiger partial charge < -0.3 is 25.6 Å². The second kappa shape index (κ2) is 11.1. The Morgan fingerprint density at radius 1 is 0.938 bits per heavy atom. The lowest BCUT2D eigenvalue weighted by atomic mass is 10.0. The minimum atomic E-state index is -4.61. The lowest BCUT2D eigenvalue weighted by Crippen LogP contribution is -2.53. The van der Waals surface area contributed by atoms with Crippen molar-refractivity contribution >= 4 is 18.0 Å². The van der Waals surface area contributed by atoms with Crippen LogP contribution in [0.15, 0.2) is 54.6 Å². The van der Waals surface area contributed by atoms with Gasteiger partial charge in [-0.2, -0.15) is 13.2 Å². The number of carboxylic acids is 1. The van der Waals surface area contributed by atoms with Crippen LogP contribution in [-0.4, -0.2) is 46.9 Å². The zero-order chi connectivity index (χ0) is 23.7. The molecule has 0 radical (unpaired) electrons. The maximum Gasteiger partial charge on any atom is 0.416 e. The fourth-order valence-electron chi connectivity index (χ4n) is 2.68. The summed E-state index contributed by atoms with van der Waals surface area (Å²) in [4.78, 5) is 35.7. The summed E-state index contributed by atoms with van der Waals surface area (Å²) in [5.41, 5.74) is -0.246. The molecule has 0 aliphatic rings. The van der Waals surface area contributed by atoms with Crippen LogP contribution in [0.25, 0.3) is 0 Å². The van der Waals surface area contributed by atoms with Gasteiger partial charge in [0.2, 0.25) is 5.91 Å². The number of halogens is 3. The van der Waals surface area contributed by atoms with Crippen LogP contribution in [0.5, 0.6) is 0 Å². The maximum atomic E-state index is 12.9. The third-order valence-corrected chi connectivity index (χ3v) is 4.31. The van der Waals surface area contributed by atoms with Crippen molar-refractivity contribution in [1.29, 1.82) is 0 Å². The number of ether oxygens (including phenoxy) is 1. The Morgan fingerprint density at radius 2 is 1.59 bits per heavy atom. The third-order valence-electron chi connectivity index (χ3n) is 4.31. The van der Waals surface area contributed by atoms with Crippen LogP contribution >= 0.6 is 0 Å². The van der Waals surface area contributed by atoms with Gasteiger partial charge in [0.1, 0.15) is 18.7 Å². The summed E-state index contributed by atoms with van der Waals surface area (Å²) in [6, 6.07) is 9.56. The van der Waals surface area contributed by atoms with E-state index in [1.54, 1.807) is 30.3 Å². The van der Waals surface area contributed by atoms with Crippen molar-refractivity contribution in [1.82, 2.24) is 10.6 Å². The summed E-state index contributed by atoms with van der Waals surface area (Å²) in [6.07, 6.45) is -6.07. The molecule has 0 saturated carbocycles. The van der Waals surface area contributed by atoms with Crippen molar-refractivity contribution in [3.05, 3.63) is 71.3 Å². The zero-order valence-electron chi connectivity index (χ0n) is 16.6. The van der Waals surface area contributed by atoms with Crippen LogP contribution in [0.4, 0.5) is 18.0 Å². The number of benzene rings is 2. The van der Waals surface area contributed by atoms with Crippen molar-refractivity contribution in [2.45, 2.75) is 31.3 Å². The summed E-state index contributed by atoms with van der Waals surface area (Å²) in [7, 11) is 0. The zero-order valence-corrected chi connectivity index (χ0v) is 16.6. The molecule has 0 heterocycles. The summed E-state index contributed by atoms with van der Waals surface area (Å²) in [5.74, 6) is -2.54. The molecule has 32 heavy (non-hydrogen) atoms. The number of nitrogens with one attached hydrogen (secondary N) is 2. The van der Waals surface area contributed by atoms with Crippen LogP contribution in [-0.2, 0) is 33.5 Å². The van der Waals surface area contributed by atoms with E-state index >= 15 is 0 Å². The first-order chi connectivity index (χ1) is 15.1. The number of aliphatic hydroxyl groups is 1. The predicted octanol–water partition coefficient (Wildman–Crippen LogP) is 2.10. The van der Waals surface area contributed by atoms with E-state index in [1.807, 2.05) is 0 Å². The van der Waals surface area contributed by atoms with Crippen molar-refractivity contribution < 1.29 is 42.5 Å². The Bertz CT molecular complexity index is 937. The molecule has 2 aromatic carbocycles. The number of hydrogen-bond acceptors (Lipinski definition) is 5. The lowest BCUT2D eigenvalue weighted by Gasteiger charge is -2.20.